The molecule has 1 N–H and O–H groups in total. The second-order valence-electron chi connectivity index (χ2n) is 13.9. The number of fused-ring (bicyclic) bond motifs is 1. The lowest BCUT2D eigenvalue weighted by Crippen LogP contribution is -2.48. The van der Waals surface area contributed by atoms with Crippen LogP contribution in [0.2, 0.25) is 0 Å². The lowest BCUT2D eigenvalue weighted by atomic mass is 9.74. The molecular weight excluding hydrogens is 526 g/mol. The number of ether oxygens (including phenoxy) is 1. The molecule has 7 heteroatoms. The van der Waals surface area contributed by atoms with Gasteiger partial charge in [-0.25, -0.2) is 4.79 Å². The van der Waals surface area contributed by atoms with Gasteiger partial charge in [-0.05, 0) is 101 Å². The van der Waals surface area contributed by atoms with Crippen LogP contribution in [0.5, 0.6) is 0 Å². The fourth-order valence-electron chi connectivity index (χ4n) is 7.87. The number of hydrogen-bond donors (Lipinski definition) is 1. The first-order valence-electron chi connectivity index (χ1n) is 16.3. The molecule has 1 aromatic carbocycles. The zero-order valence-corrected chi connectivity index (χ0v) is 25.9. The number of amides is 2. The van der Waals surface area contributed by atoms with Crippen LogP contribution in [0.4, 0.5) is 4.79 Å². The molecule has 1 aromatic heterocycles. The molecule has 42 heavy (non-hydrogen) atoms. The SMILES string of the molecule is CCC(NC(=O)OC(C)(C)C)C1CCC(C(=O)N2CC[C@@H](C3CCCCC3)[C@H]2C(=O)c2ccc3ncccc3c2)CC1. The first kappa shape index (κ1) is 30.5. The Kier molecular flexibility index (Phi) is 9.54. The number of ketones is 1. The van der Waals surface area contributed by atoms with Crippen LogP contribution < -0.4 is 5.32 Å². The normalized spacial score (nSPS) is 26.1. The molecule has 0 bridgehead atoms. The van der Waals surface area contributed by atoms with E-state index in [9.17, 15) is 14.4 Å². The number of nitrogens with one attached hydrogen (secondary N) is 1. The van der Waals surface area contributed by atoms with Crippen molar-refractivity contribution in [2.45, 2.75) is 116 Å². The molecule has 1 aliphatic heterocycles. The van der Waals surface area contributed by atoms with Gasteiger partial charge in [0.1, 0.15) is 5.60 Å². The van der Waals surface area contributed by atoms with Gasteiger partial charge in [-0.1, -0.05) is 45.1 Å². The van der Waals surface area contributed by atoms with E-state index >= 15 is 0 Å². The summed E-state index contributed by atoms with van der Waals surface area (Å²) in [6.45, 7) is 8.38. The fraction of sp³-hybridized carbons (Fsp3) is 0.657. The number of nitrogens with zero attached hydrogens (tertiary/aromatic N) is 2. The van der Waals surface area contributed by atoms with Gasteiger partial charge in [0.25, 0.3) is 0 Å². The molecule has 1 saturated heterocycles. The minimum atomic E-state index is -0.532. The Balaban J connectivity index is 1.29. The quantitative estimate of drug-likeness (QED) is 0.349. The Bertz CT molecular complexity index is 1260. The molecule has 5 rings (SSSR count). The maximum atomic E-state index is 14.3. The predicted molar refractivity (Wildman–Crippen MR) is 165 cm³/mol. The molecule has 0 spiro atoms. The van der Waals surface area contributed by atoms with Crippen molar-refractivity contribution in [2.75, 3.05) is 6.54 Å². The van der Waals surface area contributed by atoms with Crippen LogP contribution in [0, 0.1) is 23.7 Å². The third-order valence-electron chi connectivity index (χ3n) is 9.97. The average molecular weight is 576 g/mol. The van der Waals surface area contributed by atoms with Gasteiger partial charge in [-0.15, -0.1) is 0 Å². The zero-order valence-electron chi connectivity index (χ0n) is 25.9. The molecule has 2 saturated carbocycles. The van der Waals surface area contributed by atoms with E-state index in [1.54, 1.807) is 6.20 Å². The number of rotatable bonds is 7. The Morgan fingerprint density at radius 3 is 2.43 bits per heavy atom. The van der Waals surface area contributed by atoms with Crippen LogP contribution in [0.3, 0.4) is 0 Å². The molecule has 228 valence electrons. The van der Waals surface area contributed by atoms with Crippen LogP contribution in [0.15, 0.2) is 36.5 Å². The first-order valence-corrected chi connectivity index (χ1v) is 16.3. The summed E-state index contributed by atoms with van der Waals surface area (Å²) in [6.07, 6.45) is 12.5. The highest BCUT2D eigenvalue weighted by molar-refractivity contribution is 6.04. The smallest absolute Gasteiger partial charge is 0.407 e. The Hall–Kier alpha value is -2.96. The van der Waals surface area contributed by atoms with Crippen LogP contribution >= 0.6 is 0 Å². The van der Waals surface area contributed by atoms with Crippen molar-refractivity contribution in [3.05, 3.63) is 42.1 Å². The predicted octanol–water partition coefficient (Wildman–Crippen LogP) is 7.32. The molecule has 7 nitrogen and oxygen atoms in total. The topological polar surface area (TPSA) is 88.6 Å². The number of pyridine rings is 1. The highest BCUT2D eigenvalue weighted by atomic mass is 16.6. The van der Waals surface area contributed by atoms with Gasteiger partial charge >= 0.3 is 6.09 Å². The van der Waals surface area contributed by atoms with Gasteiger partial charge in [0.15, 0.2) is 5.78 Å². The number of Topliss-reactive ketones (excluding diaryl/α,β-unsaturated/α-hetero) is 1. The van der Waals surface area contributed by atoms with Gasteiger partial charge in [0, 0.05) is 35.7 Å². The van der Waals surface area contributed by atoms with E-state index < -0.39 is 5.60 Å². The standard InChI is InChI=1S/C35H49N3O4/c1-5-29(37-34(41)42-35(2,3)4)24-13-15-25(16-14-24)33(40)38-21-19-28(23-10-7-6-8-11-23)31(38)32(39)27-17-18-30-26(22-27)12-9-20-36-30/h9,12,17-18,20,22-25,28-29,31H,5-8,10-11,13-16,19,21H2,1-4H3,(H,37,41)/t24?,25?,28-,29?,31-/m0/s1. The second-order valence-corrected chi connectivity index (χ2v) is 13.9. The van der Waals surface area contributed by atoms with Gasteiger partial charge in [-0.3, -0.25) is 14.6 Å². The summed E-state index contributed by atoms with van der Waals surface area (Å²) in [4.78, 5) is 47.2. The zero-order chi connectivity index (χ0) is 29.9. The molecule has 2 aromatic rings. The van der Waals surface area contributed by atoms with Crippen molar-refractivity contribution in [2.24, 2.45) is 23.7 Å². The minimum absolute atomic E-state index is 0.0371. The van der Waals surface area contributed by atoms with Crippen molar-refractivity contribution in [3.63, 3.8) is 0 Å². The lowest BCUT2D eigenvalue weighted by molar-refractivity contribution is -0.137. The van der Waals surface area contributed by atoms with Crippen molar-refractivity contribution in [3.8, 4) is 0 Å². The average Bonchev–Trinajstić information content (AvgIpc) is 3.44. The van der Waals surface area contributed by atoms with Crippen molar-refractivity contribution >= 4 is 28.7 Å². The van der Waals surface area contributed by atoms with Crippen molar-refractivity contribution in [1.82, 2.24) is 15.2 Å². The van der Waals surface area contributed by atoms with Gasteiger partial charge in [-0.2, -0.15) is 0 Å². The summed E-state index contributed by atoms with van der Waals surface area (Å²) in [7, 11) is 0. The molecule has 2 aliphatic carbocycles. The van der Waals surface area contributed by atoms with E-state index in [0.717, 1.165) is 62.3 Å². The van der Waals surface area contributed by atoms with Crippen LogP contribution in [-0.2, 0) is 9.53 Å². The number of likely N-dealkylation sites (tertiary alicyclic amines) is 1. The van der Waals surface area contributed by atoms with E-state index in [2.05, 4.69) is 17.2 Å². The van der Waals surface area contributed by atoms with Crippen LogP contribution in [-0.4, -0.2) is 51.9 Å². The highest BCUT2D eigenvalue weighted by Crippen LogP contribution is 2.42. The number of benzene rings is 1. The highest BCUT2D eigenvalue weighted by Gasteiger charge is 2.47. The molecule has 3 fully saturated rings. The Morgan fingerprint density at radius 2 is 1.74 bits per heavy atom. The minimum Gasteiger partial charge on any atom is -0.444 e. The van der Waals surface area contributed by atoms with E-state index in [0.29, 0.717) is 23.9 Å². The lowest BCUT2D eigenvalue weighted by Gasteiger charge is -2.37. The molecule has 2 heterocycles. The number of carbonyl (C=O) groups is 3. The van der Waals surface area contributed by atoms with Crippen molar-refractivity contribution in [1.29, 1.82) is 0 Å². The number of hydrogen-bond acceptors (Lipinski definition) is 5. The van der Waals surface area contributed by atoms with E-state index in [4.69, 9.17) is 4.74 Å². The van der Waals surface area contributed by atoms with Gasteiger partial charge in [0.2, 0.25) is 5.91 Å². The second kappa shape index (κ2) is 13.1. The molecule has 0 radical (unpaired) electrons. The summed E-state index contributed by atoms with van der Waals surface area (Å²) < 4.78 is 5.50. The molecule has 1 unspecified atom stereocenters. The Morgan fingerprint density at radius 1 is 1.00 bits per heavy atom. The van der Waals surface area contributed by atoms with E-state index in [-0.39, 0.29) is 41.7 Å². The molecular formula is C35H49N3O4. The van der Waals surface area contributed by atoms with Gasteiger partial charge in [0.05, 0.1) is 11.6 Å². The third-order valence-corrected chi connectivity index (χ3v) is 9.97. The largest absolute Gasteiger partial charge is 0.444 e. The monoisotopic (exact) mass is 575 g/mol. The fourth-order valence-corrected chi connectivity index (χ4v) is 7.87. The van der Waals surface area contributed by atoms with Crippen LogP contribution in [0.1, 0.15) is 109 Å². The van der Waals surface area contributed by atoms with E-state index in [1.807, 2.05) is 56.0 Å². The summed E-state index contributed by atoms with van der Waals surface area (Å²) in [6, 6.07) is 9.32. The molecule has 3 atom stereocenters. The number of alkyl carbamates (subject to hydrolysis) is 1. The summed E-state index contributed by atoms with van der Waals surface area (Å²) in [5.74, 6) is 1.23. The van der Waals surface area contributed by atoms with Gasteiger partial charge < -0.3 is 15.0 Å². The number of aromatic nitrogens is 1. The van der Waals surface area contributed by atoms with Crippen LogP contribution in [0.25, 0.3) is 10.9 Å². The van der Waals surface area contributed by atoms with Crippen molar-refractivity contribution < 1.29 is 19.1 Å². The summed E-state index contributed by atoms with van der Waals surface area (Å²) in [5.41, 5.74) is 1.03. The number of carbonyl (C=O) groups excluding carboxylic acids is 3. The third kappa shape index (κ3) is 6.98. The van der Waals surface area contributed by atoms with E-state index in [1.165, 1.54) is 19.3 Å². The summed E-state index contributed by atoms with van der Waals surface area (Å²) >= 11 is 0. The first-order chi connectivity index (χ1) is 20.1. The molecule has 2 amide bonds. The molecule has 3 aliphatic rings. The maximum absolute atomic E-state index is 14.3. The summed E-state index contributed by atoms with van der Waals surface area (Å²) in [5, 5.41) is 4.04. The maximum Gasteiger partial charge on any atom is 0.407 e. The Labute approximate surface area is 251 Å².